The minimum Gasteiger partial charge on any atom is -0.445 e. The number of carbonyl (C=O) groups excluding carboxylic acids is 6. The topological polar surface area (TPSA) is 243 Å². The monoisotopic (exact) mass is 568 g/mol. The first-order valence-corrected chi connectivity index (χ1v) is 12.9. The van der Waals surface area contributed by atoms with Gasteiger partial charge in [-0.2, -0.15) is 8.42 Å². The number of rotatable bonds is 13. The molecule has 1 aliphatic heterocycles. The molecule has 212 valence electrons. The first-order valence-electron chi connectivity index (χ1n) is 11.4. The number of carbonyl (C=O) groups is 6. The van der Waals surface area contributed by atoms with Crippen LogP contribution in [-0.2, 0) is 45.4 Å². The van der Waals surface area contributed by atoms with Crippen LogP contribution in [0, 0.1) is 0 Å². The number of ether oxygens (including phenoxy) is 1. The molecule has 0 saturated heterocycles. The van der Waals surface area contributed by atoms with Crippen molar-refractivity contribution < 1.29 is 46.5 Å². The zero-order chi connectivity index (χ0) is 29.2. The number of hydrogen-bond donors (Lipinski definition) is 6. The van der Waals surface area contributed by atoms with E-state index in [0.29, 0.717) is 16.2 Å². The van der Waals surface area contributed by atoms with E-state index in [1.54, 1.807) is 24.3 Å². The van der Waals surface area contributed by atoms with Crippen LogP contribution in [0.2, 0.25) is 0 Å². The minimum atomic E-state index is -5.05. The summed E-state index contributed by atoms with van der Waals surface area (Å²) in [5.74, 6) is -4.55. The summed E-state index contributed by atoms with van der Waals surface area (Å²) < 4.78 is 37.6. The van der Waals surface area contributed by atoms with E-state index in [9.17, 15) is 41.7 Å². The first-order chi connectivity index (χ1) is 18.3. The third-order valence-corrected chi connectivity index (χ3v) is 6.18. The molecular weight excluding hydrogens is 540 g/mol. The van der Waals surface area contributed by atoms with Crippen LogP contribution >= 0.6 is 0 Å². The number of alkyl carbamates (subject to hydrolysis) is 1. The van der Waals surface area contributed by atoms with E-state index >= 15 is 0 Å². The Kier molecular flexibility index (Phi) is 11.1. The lowest BCUT2D eigenvalue weighted by Gasteiger charge is -2.20. The lowest BCUT2D eigenvalue weighted by Crippen LogP contribution is -2.51. The summed E-state index contributed by atoms with van der Waals surface area (Å²) in [6, 6.07) is 5.23. The molecule has 0 spiro atoms. The average Bonchev–Trinajstić information content (AvgIpc) is 3.19. The zero-order valence-corrected chi connectivity index (χ0v) is 21.5. The van der Waals surface area contributed by atoms with Crippen molar-refractivity contribution in [2.24, 2.45) is 5.73 Å². The quantitative estimate of drug-likeness (QED) is 0.108. The fraction of sp³-hybridized carbons (Fsp3) is 0.364. The third kappa shape index (κ3) is 9.80. The Bertz CT molecular complexity index is 1230. The van der Waals surface area contributed by atoms with Crippen molar-refractivity contribution in [1.29, 1.82) is 0 Å². The van der Waals surface area contributed by atoms with Crippen molar-refractivity contribution in [3.8, 4) is 0 Å². The van der Waals surface area contributed by atoms with Gasteiger partial charge in [0.1, 0.15) is 12.6 Å². The number of nitrogens with one attached hydrogen (secondary N) is 4. The van der Waals surface area contributed by atoms with Gasteiger partial charge in [0.05, 0.1) is 13.1 Å². The van der Waals surface area contributed by atoms with Gasteiger partial charge in [0.25, 0.3) is 21.9 Å². The molecule has 16 nitrogen and oxygen atoms in total. The number of imide groups is 1. The molecule has 0 bridgehead atoms. The Morgan fingerprint density at radius 2 is 1.64 bits per heavy atom. The summed E-state index contributed by atoms with van der Waals surface area (Å²) in [7, 11) is -5.05. The molecule has 0 aliphatic carbocycles. The van der Waals surface area contributed by atoms with E-state index in [-0.39, 0.29) is 19.7 Å². The molecule has 0 fully saturated rings. The number of benzene rings is 1. The fourth-order valence-corrected chi connectivity index (χ4v) is 3.73. The zero-order valence-electron chi connectivity index (χ0n) is 20.7. The fourth-order valence-electron chi connectivity index (χ4n) is 3.04. The number of anilines is 1. The van der Waals surface area contributed by atoms with E-state index < -0.39 is 70.1 Å². The molecule has 2 rings (SSSR count). The third-order valence-electron chi connectivity index (χ3n) is 5.10. The number of nitrogens with zero attached hydrogens (tertiary/aromatic N) is 1. The van der Waals surface area contributed by atoms with Crippen molar-refractivity contribution >= 4 is 51.4 Å². The second kappa shape index (κ2) is 14.0. The summed E-state index contributed by atoms with van der Waals surface area (Å²) in [6.07, 6.45) is 1.12. The van der Waals surface area contributed by atoms with E-state index in [1.165, 1.54) is 6.92 Å². The second-order valence-electron chi connectivity index (χ2n) is 8.11. The van der Waals surface area contributed by atoms with Gasteiger partial charge in [-0.15, -0.1) is 0 Å². The minimum absolute atomic E-state index is 0.0111. The molecule has 1 aromatic rings. The van der Waals surface area contributed by atoms with Gasteiger partial charge >= 0.3 is 6.09 Å². The molecule has 6 amide bonds. The maximum Gasteiger partial charge on any atom is 0.407 e. The van der Waals surface area contributed by atoms with Crippen LogP contribution in [0.4, 0.5) is 10.5 Å². The lowest BCUT2D eigenvalue weighted by molar-refractivity contribution is -0.137. The largest absolute Gasteiger partial charge is 0.445 e. The van der Waals surface area contributed by atoms with Gasteiger partial charge in [-0.1, -0.05) is 12.1 Å². The Morgan fingerprint density at radius 1 is 1.03 bits per heavy atom. The van der Waals surface area contributed by atoms with Crippen molar-refractivity contribution in [2.75, 3.05) is 31.5 Å². The van der Waals surface area contributed by atoms with Gasteiger partial charge in [-0.25, -0.2) is 4.79 Å². The molecular formula is C22H28N6O10S. The summed E-state index contributed by atoms with van der Waals surface area (Å²) >= 11 is 0. The first kappa shape index (κ1) is 30.9. The van der Waals surface area contributed by atoms with Crippen LogP contribution in [0.25, 0.3) is 0 Å². The number of amides is 6. The lowest BCUT2D eigenvalue weighted by atomic mass is 10.2. The van der Waals surface area contributed by atoms with E-state index in [4.69, 9.17) is 10.5 Å². The summed E-state index contributed by atoms with van der Waals surface area (Å²) in [4.78, 5) is 72.0. The number of hydrogen-bond acceptors (Lipinski definition) is 10. The van der Waals surface area contributed by atoms with Crippen LogP contribution in [0.15, 0.2) is 36.4 Å². The molecule has 2 atom stereocenters. The Balaban J connectivity index is 1.82. The van der Waals surface area contributed by atoms with Crippen molar-refractivity contribution in [3.05, 3.63) is 42.0 Å². The number of nitrogens with two attached hydrogens (primary N) is 1. The van der Waals surface area contributed by atoms with E-state index in [2.05, 4.69) is 16.0 Å². The molecule has 1 unspecified atom stereocenters. The molecule has 1 aromatic carbocycles. The highest BCUT2D eigenvalue weighted by Gasteiger charge is 2.37. The standard InChI is InChI=1S/C22H28N6O10S/c1-13(20(32)27-15-4-2-14(3-5-15)12-38-22(34)24-9-8-23)26-17(29)10-25-21(33)16(39(35,36)37)11-28-18(30)6-7-19(28)31/h2-7,13,16H,8-12,23H2,1H3,(H,24,34)(H,25,33)(H,26,29)(H,27,32)(H,35,36,37)/t13-,16?/m0/s1. The summed E-state index contributed by atoms with van der Waals surface area (Å²) in [5.41, 5.74) is 6.30. The molecule has 17 heteroatoms. The Labute approximate surface area is 223 Å². The predicted molar refractivity (Wildman–Crippen MR) is 134 cm³/mol. The van der Waals surface area contributed by atoms with E-state index in [0.717, 1.165) is 12.2 Å². The molecule has 0 saturated carbocycles. The van der Waals surface area contributed by atoms with Gasteiger partial charge in [0, 0.05) is 30.9 Å². The molecule has 0 aromatic heterocycles. The van der Waals surface area contributed by atoms with Gasteiger partial charge in [-0.05, 0) is 24.6 Å². The maximum atomic E-state index is 12.4. The van der Waals surface area contributed by atoms with Crippen molar-refractivity contribution in [1.82, 2.24) is 20.9 Å². The molecule has 1 heterocycles. The highest BCUT2D eigenvalue weighted by atomic mass is 32.2. The van der Waals surface area contributed by atoms with Crippen LogP contribution < -0.4 is 27.0 Å². The van der Waals surface area contributed by atoms with E-state index in [1.807, 2.05) is 5.32 Å². The van der Waals surface area contributed by atoms with Crippen molar-refractivity contribution in [3.63, 3.8) is 0 Å². The second-order valence-corrected chi connectivity index (χ2v) is 9.71. The molecule has 39 heavy (non-hydrogen) atoms. The highest BCUT2D eigenvalue weighted by Crippen LogP contribution is 2.11. The Hall–Kier alpha value is -4.35. The molecule has 0 radical (unpaired) electrons. The van der Waals surface area contributed by atoms with Crippen molar-refractivity contribution in [2.45, 2.75) is 24.8 Å². The van der Waals surface area contributed by atoms with Crippen LogP contribution in [0.5, 0.6) is 0 Å². The van der Waals surface area contributed by atoms with Gasteiger partial charge in [0.2, 0.25) is 17.7 Å². The smallest absolute Gasteiger partial charge is 0.407 e. The normalized spacial score (nSPS) is 14.4. The maximum absolute atomic E-state index is 12.4. The highest BCUT2D eigenvalue weighted by molar-refractivity contribution is 7.87. The Morgan fingerprint density at radius 3 is 2.21 bits per heavy atom. The molecule has 1 aliphatic rings. The SMILES string of the molecule is C[C@H](NC(=O)CNC(=O)C(CN1C(=O)C=CC1=O)S(=O)(=O)O)C(=O)Nc1ccc(COC(=O)NCCN)cc1. The molecule has 7 N–H and O–H groups in total. The average molecular weight is 569 g/mol. The van der Waals surface area contributed by atoms with Crippen LogP contribution in [0.3, 0.4) is 0 Å². The van der Waals surface area contributed by atoms with Gasteiger partial charge < -0.3 is 31.7 Å². The van der Waals surface area contributed by atoms with Crippen LogP contribution in [0.1, 0.15) is 12.5 Å². The summed E-state index contributed by atoms with van der Waals surface area (Å²) in [6.45, 7) is 0.169. The van der Waals surface area contributed by atoms with Gasteiger partial charge in [-0.3, -0.25) is 33.4 Å². The van der Waals surface area contributed by atoms with Gasteiger partial charge in [0.15, 0.2) is 5.25 Å². The van der Waals surface area contributed by atoms with Crippen LogP contribution in [-0.4, -0.2) is 91.0 Å². The summed E-state index contributed by atoms with van der Waals surface area (Å²) in [5, 5.41) is 7.06. The predicted octanol–water partition coefficient (Wildman–Crippen LogP) is -2.39.